The molecule has 3 nitrogen and oxygen atoms in total. The molecule has 0 spiro atoms. The smallest absolute Gasteiger partial charge is 0.0653 e. The van der Waals surface area contributed by atoms with Gasteiger partial charge in [-0.3, -0.25) is 5.10 Å². The fraction of sp³-hybridized carbons (Fsp3) is 0.417. The summed E-state index contributed by atoms with van der Waals surface area (Å²) in [5.41, 5.74) is 2.49. The van der Waals surface area contributed by atoms with Crippen molar-refractivity contribution in [2.24, 2.45) is 0 Å². The third-order valence-electron chi connectivity index (χ3n) is 2.57. The molecule has 2 N–H and O–H groups in total. The lowest BCUT2D eigenvalue weighted by Gasteiger charge is -2.04. The fourth-order valence-corrected chi connectivity index (χ4v) is 1.77. The summed E-state index contributed by atoms with van der Waals surface area (Å²) >= 11 is 0. The van der Waals surface area contributed by atoms with Gasteiger partial charge >= 0.3 is 0 Å². The van der Waals surface area contributed by atoms with E-state index in [9.17, 15) is 0 Å². The Morgan fingerprint density at radius 3 is 3.13 bits per heavy atom. The Bertz CT molecular complexity index is 419. The lowest BCUT2D eigenvalue weighted by molar-refractivity contribution is 0.672. The average Bonchev–Trinajstić information content (AvgIpc) is 2.73. The zero-order valence-electron chi connectivity index (χ0n) is 9.09. The first-order valence-corrected chi connectivity index (χ1v) is 5.53. The molecule has 0 aliphatic carbocycles. The van der Waals surface area contributed by atoms with E-state index < -0.39 is 0 Å². The molecule has 1 aromatic heterocycles. The van der Waals surface area contributed by atoms with E-state index >= 15 is 0 Å². The molecule has 2 aromatic rings. The number of nitrogens with zero attached hydrogens (tertiary/aromatic N) is 1. The highest BCUT2D eigenvalue weighted by atomic mass is 15.1. The number of benzene rings is 1. The van der Waals surface area contributed by atoms with Crippen molar-refractivity contribution in [1.29, 1.82) is 0 Å². The Labute approximate surface area is 89.9 Å². The molecule has 1 aromatic carbocycles. The Hall–Kier alpha value is -1.35. The number of nitrogens with one attached hydrogen (secondary N) is 2. The van der Waals surface area contributed by atoms with Crippen molar-refractivity contribution in [1.82, 2.24) is 15.5 Å². The summed E-state index contributed by atoms with van der Waals surface area (Å²) in [6.45, 7) is 4.32. The van der Waals surface area contributed by atoms with Crippen LogP contribution in [0.4, 0.5) is 0 Å². The first kappa shape index (κ1) is 10.2. The molecular formula is C12H17N3. The van der Waals surface area contributed by atoms with Crippen molar-refractivity contribution in [3.63, 3.8) is 0 Å². The van der Waals surface area contributed by atoms with Gasteiger partial charge in [0.15, 0.2) is 0 Å². The Kier molecular flexibility index (Phi) is 3.35. The van der Waals surface area contributed by atoms with E-state index in [1.54, 1.807) is 0 Å². The van der Waals surface area contributed by atoms with Crippen LogP contribution in [0.3, 0.4) is 0 Å². The number of H-pyrrole nitrogens is 1. The summed E-state index contributed by atoms with van der Waals surface area (Å²) < 4.78 is 0. The molecular weight excluding hydrogens is 186 g/mol. The van der Waals surface area contributed by atoms with E-state index in [2.05, 4.69) is 40.6 Å². The van der Waals surface area contributed by atoms with Crippen molar-refractivity contribution in [2.45, 2.75) is 19.8 Å². The second kappa shape index (κ2) is 4.94. The maximum absolute atomic E-state index is 4.06. The molecule has 0 unspecified atom stereocenters. The van der Waals surface area contributed by atoms with Crippen LogP contribution in [-0.2, 0) is 6.42 Å². The summed E-state index contributed by atoms with van der Waals surface area (Å²) in [4.78, 5) is 0. The molecule has 0 bridgehead atoms. The van der Waals surface area contributed by atoms with Gasteiger partial charge in [-0.15, -0.1) is 0 Å². The lowest BCUT2D eigenvalue weighted by atomic mass is 10.1. The van der Waals surface area contributed by atoms with Crippen LogP contribution in [0.2, 0.25) is 0 Å². The Morgan fingerprint density at radius 2 is 2.27 bits per heavy atom. The van der Waals surface area contributed by atoms with Gasteiger partial charge in [0.05, 0.1) is 11.7 Å². The van der Waals surface area contributed by atoms with Gasteiger partial charge < -0.3 is 5.32 Å². The third-order valence-corrected chi connectivity index (χ3v) is 2.57. The summed E-state index contributed by atoms with van der Waals surface area (Å²) in [5, 5.41) is 11.7. The van der Waals surface area contributed by atoms with Gasteiger partial charge in [0.2, 0.25) is 0 Å². The normalized spacial score (nSPS) is 11.0. The van der Waals surface area contributed by atoms with Crippen molar-refractivity contribution >= 4 is 10.9 Å². The number of aromatic amines is 1. The first-order chi connectivity index (χ1) is 7.42. The zero-order chi connectivity index (χ0) is 10.5. The second-order valence-electron chi connectivity index (χ2n) is 3.75. The summed E-state index contributed by atoms with van der Waals surface area (Å²) in [7, 11) is 0. The third kappa shape index (κ3) is 2.36. The van der Waals surface area contributed by atoms with Crippen LogP contribution < -0.4 is 5.32 Å². The van der Waals surface area contributed by atoms with Crippen LogP contribution in [0.5, 0.6) is 0 Å². The van der Waals surface area contributed by atoms with Crippen molar-refractivity contribution in [3.8, 4) is 0 Å². The molecule has 0 aliphatic rings. The predicted molar refractivity (Wildman–Crippen MR) is 63.0 cm³/mol. The van der Waals surface area contributed by atoms with Crippen molar-refractivity contribution in [3.05, 3.63) is 30.0 Å². The largest absolute Gasteiger partial charge is 0.316 e. The lowest BCUT2D eigenvalue weighted by Crippen LogP contribution is -2.17. The number of hydrogen-bond donors (Lipinski definition) is 2. The van der Waals surface area contributed by atoms with E-state index in [1.165, 1.54) is 17.4 Å². The zero-order valence-corrected chi connectivity index (χ0v) is 9.09. The van der Waals surface area contributed by atoms with Crippen LogP contribution in [-0.4, -0.2) is 23.3 Å². The Morgan fingerprint density at radius 1 is 1.33 bits per heavy atom. The molecule has 3 heteroatoms. The van der Waals surface area contributed by atoms with Crippen molar-refractivity contribution < 1.29 is 0 Å². The quantitative estimate of drug-likeness (QED) is 0.731. The van der Waals surface area contributed by atoms with Gasteiger partial charge in [0, 0.05) is 5.39 Å². The molecule has 2 rings (SSSR count). The van der Waals surface area contributed by atoms with E-state index in [4.69, 9.17) is 0 Å². The minimum Gasteiger partial charge on any atom is -0.316 e. The van der Waals surface area contributed by atoms with E-state index in [1.807, 2.05) is 6.20 Å². The number of aromatic nitrogens is 2. The molecule has 0 aliphatic heterocycles. The molecule has 80 valence electrons. The van der Waals surface area contributed by atoms with Crippen LogP contribution in [0.15, 0.2) is 24.4 Å². The van der Waals surface area contributed by atoms with Crippen LogP contribution >= 0.6 is 0 Å². The molecule has 0 saturated carbocycles. The summed E-state index contributed by atoms with van der Waals surface area (Å²) in [6, 6.07) is 6.31. The number of rotatable bonds is 5. The molecule has 0 saturated heterocycles. The van der Waals surface area contributed by atoms with Gasteiger partial charge in [-0.25, -0.2) is 0 Å². The molecule has 15 heavy (non-hydrogen) atoms. The van der Waals surface area contributed by atoms with Crippen LogP contribution in [0.25, 0.3) is 10.9 Å². The van der Waals surface area contributed by atoms with Gasteiger partial charge in [0.1, 0.15) is 0 Å². The highest BCUT2D eigenvalue weighted by molar-refractivity contribution is 5.81. The highest BCUT2D eigenvalue weighted by Crippen LogP contribution is 2.15. The molecule has 0 radical (unpaired) electrons. The van der Waals surface area contributed by atoms with Crippen LogP contribution in [0, 0.1) is 0 Å². The number of fused-ring (bicyclic) bond motifs is 1. The number of hydrogen-bond acceptors (Lipinski definition) is 2. The molecule has 1 heterocycles. The average molecular weight is 203 g/mol. The minimum absolute atomic E-state index is 1.04. The maximum atomic E-state index is 4.06. The fourth-order valence-electron chi connectivity index (χ4n) is 1.77. The molecule has 0 atom stereocenters. The van der Waals surface area contributed by atoms with Gasteiger partial charge in [0.25, 0.3) is 0 Å². The molecule has 0 fully saturated rings. The minimum atomic E-state index is 1.04. The highest BCUT2D eigenvalue weighted by Gasteiger charge is 2.01. The topological polar surface area (TPSA) is 40.7 Å². The van der Waals surface area contributed by atoms with Gasteiger partial charge in [-0.05, 0) is 37.6 Å². The Balaban J connectivity index is 2.04. The summed E-state index contributed by atoms with van der Waals surface area (Å²) in [6.07, 6.45) is 4.16. The van der Waals surface area contributed by atoms with Crippen LogP contribution in [0.1, 0.15) is 18.9 Å². The monoisotopic (exact) mass is 203 g/mol. The maximum Gasteiger partial charge on any atom is 0.0653 e. The summed E-state index contributed by atoms with van der Waals surface area (Å²) in [5.74, 6) is 0. The van der Waals surface area contributed by atoms with E-state index in [0.717, 1.165) is 25.0 Å². The molecule has 0 amide bonds. The standard InChI is InChI=1S/C12H17N3/c1-2-7-13-8-6-10-4-3-5-12-11(10)9-14-15-12/h3-5,9,13H,2,6-8H2,1H3,(H,14,15). The predicted octanol–water partition coefficient (Wildman–Crippen LogP) is 2.10. The SMILES string of the molecule is CCCNCCc1cccc2[nH]ncc12. The second-order valence-corrected chi connectivity index (χ2v) is 3.75. The van der Waals surface area contributed by atoms with Gasteiger partial charge in [-0.1, -0.05) is 19.1 Å². The van der Waals surface area contributed by atoms with Crippen molar-refractivity contribution in [2.75, 3.05) is 13.1 Å². The van der Waals surface area contributed by atoms with E-state index in [0.29, 0.717) is 0 Å². The first-order valence-electron chi connectivity index (χ1n) is 5.53. The van der Waals surface area contributed by atoms with Gasteiger partial charge in [-0.2, -0.15) is 5.10 Å². The van der Waals surface area contributed by atoms with E-state index in [-0.39, 0.29) is 0 Å².